The number of hydrogen-bond acceptors (Lipinski definition) is 8. The highest BCUT2D eigenvalue weighted by Crippen LogP contribution is 2.19. The number of hydrogen-bond donors (Lipinski definition) is 1. The van der Waals surface area contributed by atoms with Crippen molar-refractivity contribution < 1.29 is 22.5 Å². The number of nitrogens with two attached hydrogens (primary N) is 1. The Hall–Kier alpha value is -2.37. The van der Waals surface area contributed by atoms with Gasteiger partial charge in [0, 0.05) is 12.1 Å². The minimum atomic E-state index is -4.20. The largest absolute Gasteiger partial charge is 0.330 e. The van der Waals surface area contributed by atoms with Crippen LogP contribution in [0.4, 0.5) is 5.69 Å². The number of benzene rings is 2. The van der Waals surface area contributed by atoms with Crippen molar-refractivity contribution in [3.8, 4) is 0 Å². The molecule has 0 amide bonds. The number of nitro groups is 1. The molecule has 0 heterocycles. The molecule has 2 rings (SSSR count). The van der Waals surface area contributed by atoms with Gasteiger partial charge in [0.2, 0.25) is 0 Å². The van der Waals surface area contributed by atoms with Gasteiger partial charge in [-0.1, -0.05) is 36.8 Å². The van der Waals surface area contributed by atoms with Crippen LogP contribution in [0.3, 0.4) is 0 Å². The summed E-state index contributed by atoms with van der Waals surface area (Å²) in [5.74, 6) is 0. The number of unbranched alkanes of at least 4 members (excludes halogenated alkanes) is 2. The average molecular weight is 409 g/mol. The van der Waals surface area contributed by atoms with Crippen LogP contribution in [0.15, 0.2) is 59.5 Å². The third-order valence-corrected chi connectivity index (χ3v) is 4.99. The van der Waals surface area contributed by atoms with E-state index in [-0.39, 0.29) is 23.7 Å². The molecule has 0 spiro atoms. The molecule has 0 aliphatic carbocycles. The smallest absolute Gasteiger partial charge is 0.315 e. The summed E-state index contributed by atoms with van der Waals surface area (Å²) in [5.41, 5.74) is 6.11. The first-order valence-electron chi connectivity index (χ1n) is 8.76. The zero-order valence-corrected chi connectivity index (χ0v) is 16.1. The molecule has 10 heteroatoms. The van der Waals surface area contributed by atoms with Crippen LogP contribution in [0.25, 0.3) is 0 Å². The van der Waals surface area contributed by atoms with Gasteiger partial charge in [-0.15, -0.1) is 4.28 Å². The van der Waals surface area contributed by atoms with Crippen molar-refractivity contribution >= 4 is 15.8 Å². The minimum Gasteiger partial charge on any atom is -0.330 e. The maximum Gasteiger partial charge on any atom is 0.315 e. The van der Waals surface area contributed by atoms with E-state index < -0.39 is 15.0 Å². The molecule has 2 N–H and O–H groups in total. The highest BCUT2D eigenvalue weighted by atomic mass is 32.2. The normalized spacial score (nSPS) is 11.6. The summed E-state index contributed by atoms with van der Waals surface area (Å²) in [4.78, 5) is 15.4. The number of hydroxylamine groups is 2. The van der Waals surface area contributed by atoms with E-state index in [2.05, 4.69) is 0 Å². The highest BCUT2D eigenvalue weighted by Gasteiger charge is 2.22. The Balaban J connectivity index is 2.06. The van der Waals surface area contributed by atoms with E-state index in [9.17, 15) is 18.5 Å². The molecule has 0 aliphatic heterocycles. The van der Waals surface area contributed by atoms with Gasteiger partial charge in [-0.05, 0) is 42.3 Å². The lowest BCUT2D eigenvalue weighted by Crippen LogP contribution is -2.29. The van der Waals surface area contributed by atoms with Crippen molar-refractivity contribution in [3.05, 3.63) is 70.3 Å². The lowest BCUT2D eigenvalue weighted by Gasteiger charge is -2.20. The first-order valence-corrected chi connectivity index (χ1v) is 10.2. The summed E-state index contributed by atoms with van der Waals surface area (Å²) < 4.78 is 30.1. The van der Waals surface area contributed by atoms with E-state index in [4.69, 9.17) is 14.9 Å². The predicted molar refractivity (Wildman–Crippen MR) is 102 cm³/mol. The SMILES string of the molecule is NCCCCCN(OCc1ccccc1)OS(=O)(=O)c1ccc([N+](=O)[O-])cc1. The van der Waals surface area contributed by atoms with Crippen LogP contribution in [-0.4, -0.2) is 31.7 Å². The molecule has 2 aromatic carbocycles. The molecular formula is C18H23N3O6S. The molecule has 0 atom stereocenters. The van der Waals surface area contributed by atoms with Gasteiger partial charge < -0.3 is 5.73 Å². The average Bonchev–Trinajstić information content (AvgIpc) is 2.70. The molecule has 0 fully saturated rings. The third-order valence-electron chi connectivity index (χ3n) is 3.78. The Morgan fingerprint density at radius 2 is 1.68 bits per heavy atom. The van der Waals surface area contributed by atoms with Gasteiger partial charge in [0.15, 0.2) is 0 Å². The van der Waals surface area contributed by atoms with Crippen molar-refractivity contribution in [1.82, 2.24) is 5.23 Å². The van der Waals surface area contributed by atoms with Crippen LogP contribution in [0.2, 0.25) is 0 Å². The van der Waals surface area contributed by atoms with Gasteiger partial charge in [0.05, 0.1) is 23.0 Å². The molecule has 0 bridgehead atoms. The highest BCUT2D eigenvalue weighted by molar-refractivity contribution is 7.86. The molecule has 0 saturated carbocycles. The summed E-state index contributed by atoms with van der Waals surface area (Å²) in [5, 5.41) is 11.6. The van der Waals surface area contributed by atoms with Crippen molar-refractivity contribution in [2.75, 3.05) is 13.1 Å². The molecule has 0 saturated heterocycles. The number of rotatable bonds is 12. The maximum absolute atomic E-state index is 12.5. The van der Waals surface area contributed by atoms with Crippen molar-refractivity contribution in [1.29, 1.82) is 0 Å². The summed E-state index contributed by atoms with van der Waals surface area (Å²) in [6.07, 6.45) is 2.23. The van der Waals surface area contributed by atoms with Gasteiger partial charge in [0.25, 0.3) is 5.69 Å². The second kappa shape index (κ2) is 10.8. The fourth-order valence-corrected chi connectivity index (χ4v) is 3.19. The maximum atomic E-state index is 12.5. The van der Waals surface area contributed by atoms with Crippen LogP contribution in [-0.2, 0) is 25.8 Å². The molecule has 2 aromatic rings. The summed E-state index contributed by atoms with van der Waals surface area (Å²) in [6, 6.07) is 13.7. The Labute approximate surface area is 163 Å². The second-order valence-corrected chi connectivity index (χ2v) is 7.47. The number of non-ortho nitro benzene ring substituents is 1. The summed E-state index contributed by atoms with van der Waals surface area (Å²) in [6.45, 7) is 0.902. The molecule has 0 radical (unpaired) electrons. The van der Waals surface area contributed by atoms with E-state index in [0.717, 1.165) is 47.9 Å². The Morgan fingerprint density at radius 3 is 2.29 bits per heavy atom. The molecule has 9 nitrogen and oxygen atoms in total. The zero-order chi connectivity index (χ0) is 20.4. The molecule has 28 heavy (non-hydrogen) atoms. The van der Waals surface area contributed by atoms with E-state index in [1.54, 1.807) is 0 Å². The Morgan fingerprint density at radius 1 is 1.00 bits per heavy atom. The quantitative estimate of drug-likeness (QED) is 0.322. The minimum absolute atomic E-state index is 0.132. The Bertz CT molecular complexity index is 843. The van der Waals surface area contributed by atoms with Crippen LogP contribution >= 0.6 is 0 Å². The molecule has 0 aliphatic rings. The van der Waals surface area contributed by atoms with Gasteiger partial charge in [-0.3, -0.25) is 15.0 Å². The number of nitro benzene ring substituents is 1. The lowest BCUT2D eigenvalue weighted by atomic mass is 10.2. The molecular weight excluding hydrogens is 386 g/mol. The van der Waals surface area contributed by atoms with E-state index >= 15 is 0 Å². The van der Waals surface area contributed by atoms with E-state index in [1.165, 1.54) is 0 Å². The van der Waals surface area contributed by atoms with E-state index in [0.29, 0.717) is 13.0 Å². The standard InChI is InChI=1S/C18H23N3O6S/c19-13-5-2-6-14-20(26-15-16-7-3-1-4-8-16)27-28(24,25)18-11-9-17(10-12-18)21(22)23/h1,3-4,7-12H,2,5-6,13-15,19H2. The van der Waals surface area contributed by atoms with Gasteiger partial charge in [-0.2, -0.15) is 8.42 Å². The molecule has 0 aromatic heterocycles. The molecule has 152 valence electrons. The number of nitrogens with zero attached hydrogens (tertiary/aromatic N) is 2. The zero-order valence-electron chi connectivity index (χ0n) is 15.3. The van der Waals surface area contributed by atoms with Crippen LogP contribution in [0.1, 0.15) is 24.8 Å². The topological polar surface area (TPSA) is 125 Å². The fourth-order valence-electron chi connectivity index (χ4n) is 2.29. The fraction of sp³-hybridized carbons (Fsp3) is 0.333. The monoisotopic (exact) mass is 409 g/mol. The van der Waals surface area contributed by atoms with Crippen LogP contribution < -0.4 is 5.73 Å². The van der Waals surface area contributed by atoms with Crippen LogP contribution in [0.5, 0.6) is 0 Å². The van der Waals surface area contributed by atoms with Crippen LogP contribution in [0, 0.1) is 10.1 Å². The first kappa shape index (κ1) is 21.9. The predicted octanol–water partition coefficient (Wildman–Crippen LogP) is 2.78. The first-order chi connectivity index (χ1) is 13.4. The van der Waals surface area contributed by atoms with Gasteiger partial charge >= 0.3 is 10.1 Å². The third kappa shape index (κ3) is 6.98. The van der Waals surface area contributed by atoms with E-state index in [1.807, 2.05) is 30.3 Å². The van der Waals surface area contributed by atoms with Gasteiger partial charge in [0.1, 0.15) is 0 Å². The van der Waals surface area contributed by atoms with Crippen molar-refractivity contribution in [3.63, 3.8) is 0 Å². The Kier molecular flexibility index (Phi) is 8.48. The van der Waals surface area contributed by atoms with Crippen molar-refractivity contribution in [2.24, 2.45) is 5.73 Å². The van der Waals surface area contributed by atoms with Crippen molar-refractivity contribution in [2.45, 2.75) is 30.8 Å². The summed E-state index contributed by atoms with van der Waals surface area (Å²) >= 11 is 0. The molecule has 0 unspecified atom stereocenters. The lowest BCUT2D eigenvalue weighted by molar-refractivity contribution is -0.384. The summed E-state index contributed by atoms with van der Waals surface area (Å²) in [7, 11) is -4.20. The van der Waals surface area contributed by atoms with Gasteiger partial charge in [-0.25, -0.2) is 0 Å². The second-order valence-electron chi connectivity index (χ2n) is 5.94.